The smallest absolute Gasteiger partial charge is 0.103 e. The van der Waals surface area contributed by atoms with E-state index in [2.05, 4.69) is 206 Å². The van der Waals surface area contributed by atoms with Crippen LogP contribution in [-0.4, -0.2) is 18.3 Å². The molecular formula is C56H32N6. The molecule has 13 rings (SSSR count). The molecule has 0 radical (unpaired) electrons. The van der Waals surface area contributed by atoms with Crippen LogP contribution in [0.4, 0.5) is 0 Å². The number of nitriles is 2. The van der Waals surface area contributed by atoms with Crippen molar-refractivity contribution in [3.05, 3.63) is 205 Å². The van der Waals surface area contributed by atoms with E-state index in [4.69, 9.17) is 0 Å². The first-order valence-electron chi connectivity index (χ1n) is 20.7. The Labute approximate surface area is 354 Å². The highest BCUT2D eigenvalue weighted by molar-refractivity contribution is 6.28. The van der Waals surface area contributed by atoms with Gasteiger partial charge in [0, 0.05) is 54.5 Å². The maximum absolute atomic E-state index is 11.4. The summed E-state index contributed by atoms with van der Waals surface area (Å²) in [6.45, 7) is 0. The zero-order valence-corrected chi connectivity index (χ0v) is 33.2. The van der Waals surface area contributed by atoms with Crippen molar-refractivity contribution in [3.63, 3.8) is 0 Å². The number of fused-ring (bicyclic) bond motifs is 14. The Morgan fingerprint density at radius 1 is 0.306 bits per heavy atom. The number of benzene rings is 9. The summed E-state index contributed by atoms with van der Waals surface area (Å²) in [5.41, 5.74) is 12.6. The molecule has 0 bridgehead atoms. The standard InChI is InChI=1S/C56H32N6/c57-33-35-27-30-51(61-45-23-11-7-19-38(45)40-28-31-49-52(55(40)61)42-21-9-13-25-47(42)59(49)36-15-3-1-4-16-36)54(44(35)34-58)62-46-24-12-8-20-39(46)41-29-32-50-53(56(41)62)43-22-10-14-26-48(43)60(50)37-17-5-2-6-18-37/h1-32H. The second-order valence-corrected chi connectivity index (χ2v) is 15.9. The second-order valence-electron chi connectivity index (χ2n) is 15.9. The molecule has 6 nitrogen and oxygen atoms in total. The minimum atomic E-state index is 0.321. The highest BCUT2D eigenvalue weighted by atomic mass is 15.1. The number of rotatable bonds is 4. The average molecular weight is 789 g/mol. The van der Waals surface area contributed by atoms with Crippen molar-refractivity contribution in [1.82, 2.24) is 18.3 Å². The van der Waals surface area contributed by atoms with Gasteiger partial charge in [-0.05, 0) is 72.8 Å². The number of hydrogen-bond donors (Lipinski definition) is 0. The Kier molecular flexibility index (Phi) is 7.05. The number of aromatic nitrogens is 4. The summed E-state index contributed by atoms with van der Waals surface area (Å²) in [5.74, 6) is 0. The average Bonchev–Trinajstić information content (AvgIpc) is 4.06. The molecule has 0 aliphatic heterocycles. The summed E-state index contributed by atoms with van der Waals surface area (Å²) >= 11 is 0. The summed E-state index contributed by atoms with van der Waals surface area (Å²) in [4.78, 5) is 0. The molecule has 9 aromatic carbocycles. The summed E-state index contributed by atoms with van der Waals surface area (Å²) in [6.07, 6.45) is 0. The van der Waals surface area contributed by atoms with Gasteiger partial charge >= 0.3 is 0 Å². The monoisotopic (exact) mass is 788 g/mol. The van der Waals surface area contributed by atoms with Crippen LogP contribution >= 0.6 is 0 Å². The number of nitrogens with zero attached hydrogens (tertiary/aromatic N) is 6. The molecule has 0 aliphatic carbocycles. The fraction of sp³-hybridized carbons (Fsp3) is 0. The van der Waals surface area contributed by atoms with E-state index >= 15 is 0 Å². The van der Waals surface area contributed by atoms with Crippen LogP contribution in [0.2, 0.25) is 0 Å². The van der Waals surface area contributed by atoms with Crippen molar-refractivity contribution in [2.75, 3.05) is 0 Å². The van der Waals surface area contributed by atoms with E-state index in [0.29, 0.717) is 16.8 Å². The first-order valence-corrected chi connectivity index (χ1v) is 20.7. The van der Waals surface area contributed by atoms with Gasteiger partial charge in [0.25, 0.3) is 0 Å². The molecular weight excluding hydrogens is 757 g/mol. The van der Waals surface area contributed by atoms with Crippen LogP contribution in [0.5, 0.6) is 0 Å². The third-order valence-corrected chi connectivity index (χ3v) is 12.8. The van der Waals surface area contributed by atoms with E-state index in [-0.39, 0.29) is 0 Å². The molecule has 0 aliphatic rings. The third-order valence-electron chi connectivity index (χ3n) is 12.8. The molecule has 0 amide bonds. The van der Waals surface area contributed by atoms with Crippen LogP contribution in [0.25, 0.3) is 110 Å². The van der Waals surface area contributed by atoms with E-state index in [1.165, 1.54) is 0 Å². The Balaban J connectivity index is 1.26. The topological polar surface area (TPSA) is 67.3 Å². The van der Waals surface area contributed by atoms with Crippen LogP contribution in [0.15, 0.2) is 194 Å². The van der Waals surface area contributed by atoms with Gasteiger partial charge in [0.05, 0.1) is 66.6 Å². The molecule has 0 spiro atoms. The molecule has 286 valence electrons. The maximum Gasteiger partial charge on any atom is 0.103 e. The zero-order valence-electron chi connectivity index (χ0n) is 33.2. The second kappa shape index (κ2) is 12.8. The van der Waals surface area contributed by atoms with Gasteiger partial charge in [-0.25, -0.2) is 0 Å². The molecule has 0 unspecified atom stereocenters. The van der Waals surface area contributed by atoms with Crippen LogP contribution in [0, 0.1) is 22.7 Å². The molecule has 6 heteroatoms. The Morgan fingerprint density at radius 2 is 0.726 bits per heavy atom. The molecule has 62 heavy (non-hydrogen) atoms. The predicted molar refractivity (Wildman–Crippen MR) is 253 cm³/mol. The third kappa shape index (κ3) is 4.45. The lowest BCUT2D eigenvalue weighted by atomic mass is 10.0. The van der Waals surface area contributed by atoms with E-state index in [1.54, 1.807) is 0 Å². The van der Waals surface area contributed by atoms with Crippen molar-refractivity contribution < 1.29 is 0 Å². The van der Waals surface area contributed by atoms with Gasteiger partial charge in [0.15, 0.2) is 0 Å². The quantitative estimate of drug-likeness (QED) is 0.178. The van der Waals surface area contributed by atoms with Crippen LogP contribution in [0.3, 0.4) is 0 Å². The molecule has 4 heterocycles. The summed E-state index contributed by atoms with van der Waals surface area (Å²) in [7, 11) is 0. The molecule has 0 saturated carbocycles. The summed E-state index contributed by atoms with van der Waals surface area (Å²) in [5, 5.41) is 30.9. The van der Waals surface area contributed by atoms with Crippen molar-refractivity contribution in [2.24, 2.45) is 0 Å². The van der Waals surface area contributed by atoms with Crippen LogP contribution in [0.1, 0.15) is 11.1 Å². The molecule has 13 aromatic rings. The van der Waals surface area contributed by atoms with E-state index in [9.17, 15) is 10.5 Å². The van der Waals surface area contributed by atoms with Crippen molar-refractivity contribution >= 4 is 87.2 Å². The van der Waals surface area contributed by atoms with Gasteiger partial charge in [0.1, 0.15) is 12.1 Å². The van der Waals surface area contributed by atoms with Crippen molar-refractivity contribution in [2.45, 2.75) is 0 Å². The minimum Gasteiger partial charge on any atom is -0.309 e. The van der Waals surface area contributed by atoms with Gasteiger partial charge in [-0.15, -0.1) is 0 Å². The fourth-order valence-electron chi connectivity index (χ4n) is 10.4. The molecule has 0 atom stereocenters. The first-order chi connectivity index (χ1) is 30.7. The highest BCUT2D eigenvalue weighted by Gasteiger charge is 2.28. The van der Waals surface area contributed by atoms with Gasteiger partial charge < -0.3 is 18.3 Å². The van der Waals surface area contributed by atoms with Gasteiger partial charge in [-0.3, -0.25) is 0 Å². The Bertz CT molecular complexity index is 4110. The Hall–Kier alpha value is -8.84. The lowest BCUT2D eigenvalue weighted by Gasteiger charge is -2.19. The van der Waals surface area contributed by atoms with E-state index in [1.807, 2.05) is 18.2 Å². The number of hydrogen-bond acceptors (Lipinski definition) is 2. The van der Waals surface area contributed by atoms with Gasteiger partial charge in [-0.2, -0.15) is 10.5 Å². The van der Waals surface area contributed by atoms with Crippen LogP contribution < -0.4 is 0 Å². The predicted octanol–water partition coefficient (Wildman–Crippen LogP) is 13.8. The lowest BCUT2D eigenvalue weighted by molar-refractivity contribution is 1.09. The highest BCUT2D eigenvalue weighted by Crippen LogP contribution is 2.47. The summed E-state index contributed by atoms with van der Waals surface area (Å²) < 4.78 is 9.30. The molecule has 4 aromatic heterocycles. The Morgan fingerprint density at radius 3 is 1.21 bits per heavy atom. The largest absolute Gasteiger partial charge is 0.309 e. The molecule has 0 saturated heterocycles. The summed E-state index contributed by atoms with van der Waals surface area (Å²) in [6, 6.07) is 72.9. The minimum absolute atomic E-state index is 0.321. The van der Waals surface area contributed by atoms with Gasteiger partial charge in [-0.1, -0.05) is 121 Å². The SMILES string of the molecule is N#Cc1ccc(-n2c3ccccc3c3ccc4c(c5ccccc5n4-c4ccccc4)c32)c(-n2c3ccccc3c3ccc4c(c5ccccc5n4-c4ccccc4)c32)c1C#N. The molecule has 0 fully saturated rings. The normalized spacial score (nSPS) is 11.8. The zero-order chi connectivity index (χ0) is 41.1. The maximum atomic E-state index is 11.4. The number of para-hydroxylation sites is 6. The first kappa shape index (κ1) is 34.1. The molecule has 0 N–H and O–H groups in total. The lowest BCUT2D eigenvalue weighted by Crippen LogP contribution is -2.08. The van der Waals surface area contributed by atoms with Gasteiger partial charge in [0.2, 0.25) is 0 Å². The van der Waals surface area contributed by atoms with E-state index in [0.717, 1.165) is 104 Å². The van der Waals surface area contributed by atoms with Crippen molar-refractivity contribution in [3.8, 4) is 34.9 Å². The fourth-order valence-corrected chi connectivity index (χ4v) is 10.4. The van der Waals surface area contributed by atoms with Crippen molar-refractivity contribution in [1.29, 1.82) is 10.5 Å². The van der Waals surface area contributed by atoms with Crippen LogP contribution in [-0.2, 0) is 0 Å². The van der Waals surface area contributed by atoms with E-state index < -0.39 is 0 Å².